The zero-order chi connectivity index (χ0) is 12.3. The molecule has 0 bridgehead atoms. The highest BCUT2D eigenvalue weighted by atomic mass is 16.5. The Bertz CT molecular complexity index is 391. The molecule has 0 radical (unpaired) electrons. The number of nitrogens with zero attached hydrogens (tertiary/aromatic N) is 1. The number of aliphatic hydroxyl groups is 1. The maximum absolute atomic E-state index is 11.8. The minimum absolute atomic E-state index is 0.174. The number of amides is 2. The van der Waals surface area contributed by atoms with Crippen molar-refractivity contribution in [2.75, 3.05) is 25.5 Å². The van der Waals surface area contributed by atoms with Crippen molar-refractivity contribution < 1.29 is 14.6 Å². The molecule has 2 N–H and O–H groups in total. The monoisotopic (exact) mass is 236 g/mol. The van der Waals surface area contributed by atoms with Gasteiger partial charge in [-0.05, 0) is 30.7 Å². The fourth-order valence-electron chi connectivity index (χ4n) is 1.80. The molecule has 0 unspecified atom stereocenters. The maximum atomic E-state index is 11.8. The van der Waals surface area contributed by atoms with Crippen molar-refractivity contribution in [2.45, 2.75) is 12.5 Å². The van der Waals surface area contributed by atoms with Gasteiger partial charge in [0.2, 0.25) is 0 Å². The van der Waals surface area contributed by atoms with Crippen LogP contribution in [0.25, 0.3) is 0 Å². The number of urea groups is 1. The molecule has 0 saturated carbocycles. The van der Waals surface area contributed by atoms with E-state index < -0.39 is 6.10 Å². The molecule has 0 spiro atoms. The van der Waals surface area contributed by atoms with Crippen molar-refractivity contribution in [3.63, 3.8) is 0 Å². The Balaban J connectivity index is 1.93. The highest BCUT2D eigenvalue weighted by molar-refractivity contribution is 5.89. The Morgan fingerprint density at radius 1 is 1.47 bits per heavy atom. The number of carbonyl (C=O) groups is 1. The van der Waals surface area contributed by atoms with Crippen LogP contribution in [0.1, 0.15) is 6.42 Å². The summed E-state index contributed by atoms with van der Waals surface area (Å²) in [6.07, 6.45) is 0.257. The predicted molar refractivity (Wildman–Crippen MR) is 64.2 cm³/mol. The highest BCUT2D eigenvalue weighted by Crippen LogP contribution is 2.16. The number of benzene rings is 1. The van der Waals surface area contributed by atoms with Crippen LogP contribution >= 0.6 is 0 Å². The zero-order valence-electron chi connectivity index (χ0n) is 9.72. The summed E-state index contributed by atoms with van der Waals surface area (Å²) in [6.45, 7) is 1.01. The van der Waals surface area contributed by atoms with Gasteiger partial charge in [0.1, 0.15) is 5.75 Å². The van der Waals surface area contributed by atoms with Crippen LogP contribution in [0.3, 0.4) is 0 Å². The number of ether oxygens (including phenoxy) is 1. The third-order valence-electron chi connectivity index (χ3n) is 2.79. The van der Waals surface area contributed by atoms with Gasteiger partial charge in [0.15, 0.2) is 0 Å². The van der Waals surface area contributed by atoms with Crippen LogP contribution < -0.4 is 10.1 Å². The summed E-state index contributed by atoms with van der Waals surface area (Å²) < 4.78 is 5.03. The number of hydrogen-bond donors (Lipinski definition) is 2. The van der Waals surface area contributed by atoms with Crippen molar-refractivity contribution in [2.24, 2.45) is 0 Å². The lowest BCUT2D eigenvalue weighted by Gasteiger charge is -2.16. The second-order valence-electron chi connectivity index (χ2n) is 4.05. The summed E-state index contributed by atoms with van der Waals surface area (Å²) >= 11 is 0. The number of aliphatic hydroxyl groups excluding tert-OH is 1. The van der Waals surface area contributed by atoms with Gasteiger partial charge in [-0.25, -0.2) is 4.79 Å². The fourth-order valence-corrected chi connectivity index (χ4v) is 1.80. The van der Waals surface area contributed by atoms with Crippen LogP contribution in [0.5, 0.6) is 5.75 Å². The van der Waals surface area contributed by atoms with Gasteiger partial charge in [0, 0.05) is 18.8 Å². The van der Waals surface area contributed by atoms with E-state index in [-0.39, 0.29) is 6.03 Å². The van der Waals surface area contributed by atoms with Gasteiger partial charge in [-0.1, -0.05) is 0 Å². The molecule has 0 aliphatic carbocycles. The van der Waals surface area contributed by atoms with Crippen LogP contribution in [-0.4, -0.2) is 42.3 Å². The lowest BCUT2D eigenvalue weighted by Crippen LogP contribution is -2.33. The minimum atomic E-state index is -0.392. The fraction of sp³-hybridized carbons (Fsp3) is 0.417. The van der Waals surface area contributed by atoms with Gasteiger partial charge in [-0.15, -0.1) is 0 Å². The van der Waals surface area contributed by atoms with Gasteiger partial charge in [-0.2, -0.15) is 0 Å². The average Bonchev–Trinajstić information content (AvgIpc) is 2.77. The molecule has 1 aliphatic heterocycles. The van der Waals surface area contributed by atoms with Crippen molar-refractivity contribution in [3.05, 3.63) is 24.3 Å². The van der Waals surface area contributed by atoms with E-state index >= 15 is 0 Å². The van der Waals surface area contributed by atoms with Crippen LogP contribution in [0.15, 0.2) is 24.3 Å². The number of rotatable bonds is 2. The Labute approximate surface area is 100.0 Å². The summed E-state index contributed by atoms with van der Waals surface area (Å²) in [4.78, 5) is 13.4. The molecule has 17 heavy (non-hydrogen) atoms. The summed E-state index contributed by atoms with van der Waals surface area (Å²) in [5.74, 6) is 0.750. The van der Waals surface area contributed by atoms with Crippen LogP contribution in [0.4, 0.5) is 10.5 Å². The number of hydrogen-bond acceptors (Lipinski definition) is 3. The first-order valence-electron chi connectivity index (χ1n) is 5.57. The van der Waals surface area contributed by atoms with Gasteiger partial charge < -0.3 is 20.1 Å². The molecule has 1 atom stereocenters. The molecule has 2 amide bonds. The van der Waals surface area contributed by atoms with Gasteiger partial charge in [-0.3, -0.25) is 0 Å². The number of anilines is 1. The minimum Gasteiger partial charge on any atom is -0.497 e. The number of β-amino-alcohol motifs (C(OH)–C–C–N with tert-alkyl or cyclic N) is 1. The van der Waals surface area contributed by atoms with Gasteiger partial charge >= 0.3 is 6.03 Å². The number of carbonyl (C=O) groups excluding carboxylic acids is 1. The second kappa shape index (κ2) is 5.05. The van der Waals surface area contributed by atoms with E-state index in [1.54, 1.807) is 36.3 Å². The van der Waals surface area contributed by atoms with Crippen molar-refractivity contribution in [3.8, 4) is 5.75 Å². The molecule has 5 heteroatoms. The van der Waals surface area contributed by atoms with E-state index in [9.17, 15) is 9.90 Å². The third-order valence-corrected chi connectivity index (χ3v) is 2.79. The molecule has 1 aromatic carbocycles. The largest absolute Gasteiger partial charge is 0.497 e. The Hall–Kier alpha value is -1.75. The second-order valence-corrected chi connectivity index (χ2v) is 4.05. The lowest BCUT2D eigenvalue weighted by atomic mass is 10.3. The van der Waals surface area contributed by atoms with E-state index in [2.05, 4.69) is 5.32 Å². The van der Waals surface area contributed by atoms with Crippen molar-refractivity contribution in [1.82, 2.24) is 4.90 Å². The molecule has 0 aromatic heterocycles. The zero-order valence-corrected chi connectivity index (χ0v) is 9.72. The smallest absolute Gasteiger partial charge is 0.321 e. The molecule has 2 rings (SSSR count). The Morgan fingerprint density at radius 3 is 2.71 bits per heavy atom. The normalized spacial score (nSPS) is 19.2. The van der Waals surface area contributed by atoms with Crippen LogP contribution in [0, 0.1) is 0 Å². The van der Waals surface area contributed by atoms with E-state index in [0.29, 0.717) is 19.5 Å². The first-order valence-corrected chi connectivity index (χ1v) is 5.57. The van der Waals surface area contributed by atoms with Crippen LogP contribution in [0.2, 0.25) is 0 Å². The molecular weight excluding hydrogens is 220 g/mol. The standard InChI is InChI=1S/C12H16N2O3/c1-17-11-4-2-9(3-5-11)13-12(16)14-7-6-10(15)8-14/h2-5,10,15H,6-8H2,1H3,(H,13,16)/t10-/m0/s1. The van der Waals surface area contributed by atoms with Crippen molar-refractivity contribution >= 4 is 11.7 Å². The number of methoxy groups -OCH3 is 1. The maximum Gasteiger partial charge on any atom is 0.321 e. The molecule has 1 fully saturated rings. The van der Waals surface area contributed by atoms with Gasteiger partial charge in [0.25, 0.3) is 0 Å². The Kier molecular flexibility index (Phi) is 3.49. The third kappa shape index (κ3) is 2.88. The number of likely N-dealkylation sites (tertiary alicyclic amines) is 1. The molecular formula is C12H16N2O3. The van der Waals surface area contributed by atoms with E-state index in [4.69, 9.17) is 4.74 Å². The molecule has 1 heterocycles. The quantitative estimate of drug-likeness (QED) is 0.813. The summed E-state index contributed by atoms with van der Waals surface area (Å²) in [7, 11) is 1.60. The topological polar surface area (TPSA) is 61.8 Å². The number of nitrogens with one attached hydrogen (secondary N) is 1. The average molecular weight is 236 g/mol. The van der Waals surface area contributed by atoms with Crippen LogP contribution in [-0.2, 0) is 0 Å². The van der Waals surface area contributed by atoms with E-state index in [1.807, 2.05) is 0 Å². The molecule has 1 aliphatic rings. The Morgan fingerprint density at radius 2 is 2.18 bits per heavy atom. The van der Waals surface area contributed by atoms with Crippen molar-refractivity contribution in [1.29, 1.82) is 0 Å². The van der Waals surface area contributed by atoms with E-state index in [1.165, 1.54) is 0 Å². The first-order chi connectivity index (χ1) is 8.19. The molecule has 1 saturated heterocycles. The first kappa shape index (κ1) is 11.7. The molecule has 92 valence electrons. The molecule has 5 nitrogen and oxygen atoms in total. The summed E-state index contributed by atoms with van der Waals surface area (Å²) in [6, 6.07) is 6.96. The lowest BCUT2D eigenvalue weighted by molar-refractivity contribution is 0.176. The predicted octanol–water partition coefficient (Wildman–Crippen LogP) is 1.29. The highest BCUT2D eigenvalue weighted by Gasteiger charge is 2.24. The summed E-state index contributed by atoms with van der Waals surface area (Å²) in [5, 5.41) is 12.1. The van der Waals surface area contributed by atoms with Gasteiger partial charge in [0.05, 0.1) is 13.2 Å². The SMILES string of the molecule is COc1ccc(NC(=O)N2CC[C@H](O)C2)cc1. The van der Waals surface area contributed by atoms with E-state index in [0.717, 1.165) is 11.4 Å². The molecule has 1 aromatic rings. The summed E-state index contributed by atoms with van der Waals surface area (Å²) in [5.41, 5.74) is 0.720.